The largest absolute Gasteiger partial charge is 0.396 e. The fourth-order valence-corrected chi connectivity index (χ4v) is 7.16. The van der Waals surface area contributed by atoms with Gasteiger partial charge < -0.3 is 5.11 Å². The van der Waals surface area contributed by atoms with Crippen LogP contribution in [0.15, 0.2) is 24.3 Å². The van der Waals surface area contributed by atoms with Crippen molar-refractivity contribution in [3.63, 3.8) is 0 Å². The standard InChI is InChI=1S/C23H33FN2O/c24-22-4-2-1-3-18(22)14-25-6-7-26(15-21(25)5-8-27)23-19-10-16-9-17(12-19)13-20(23)11-16/h1-4,16-17,19-21,23,27H,5-15H2/t16?,17?,19?,20?,21-,23?/m1/s1. The zero-order valence-corrected chi connectivity index (χ0v) is 16.3. The first kappa shape index (κ1) is 18.1. The lowest BCUT2D eigenvalue weighted by Crippen LogP contribution is -2.62. The Morgan fingerprint density at radius 2 is 1.67 bits per heavy atom. The van der Waals surface area contributed by atoms with Crippen LogP contribution in [-0.2, 0) is 6.54 Å². The van der Waals surface area contributed by atoms with Crippen molar-refractivity contribution in [1.82, 2.24) is 9.80 Å². The molecule has 1 atom stereocenters. The van der Waals surface area contributed by atoms with Crippen molar-refractivity contribution in [2.45, 2.75) is 57.2 Å². The number of piperazine rings is 1. The molecule has 4 aliphatic carbocycles. The number of aliphatic hydroxyl groups is 1. The van der Waals surface area contributed by atoms with E-state index in [9.17, 15) is 9.50 Å². The number of hydrogen-bond acceptors (Lipinski definition) is 3. The molecule has 4 heteroatoms. The molecule has 4 bridgehead atoms. The lowest BCUT2D eigenvalue weighted by Gasteiger charge is -2.59. The van der Waals surface area contributed by atoms with Gasteiger partial charge in [0.25, 0.3) is 0 Å². The first-order chi connectivity index (χ1) is 13.2. The van der Waals surface area contributed by atoms with E-state index in [1.807, 2.05) is 12.1 Å². The fourth-order valence-electron chi connectivity index (χ4n) is 7.16. The molecule has 1 saturated heterocycles. The average Bonchev–Trinajstić information content (AvgIpc) is 2.65. The van der Waals surface area contributed by atoms with Crippen LogP contribution in [0, 0.1) is 29.5 Å². The van der Waals surface area contributed by atoms with Crippen molar-refractivity contribution in [3.05, 3.63) is 35.6 Å². The second-order valence-corrected chi connectivity index (χ2v) is 9.64. The van der Waals surface area contributed by atoms with Crippen LogP contribution in [0.25, 0.3) is 0 Å². The molecule has 27 heavy (non-hydrogen) atoms. The van der Waals surface area contributed by atoms with E-state index in [1.54, 1.807) is 12.1 Å². The topological polar surface area (TPSA) is 26.7 Å². The highest BCUT2D eigenvalue weighted by molar-refractivity contribution is 5.17. The minimum absolute atomic E-state index is 0.108. The molecule has 0 aromatic heterocycles. The summed E-state index contributed by atoms with van der Waals surface area (Å²) in [5.74, 6) is 3.74. The number of hydrogen-bond donors (Lipinski definition) is 1. The number of aliphatic hydroxyl groups excluding tert-OH is 1. The van der Waals surface area contributed by atoms with E-state index in [4.69, 9.17) is 0 Å². The third kappa shape index (κ3) is 3.45. The van der Waals surface area contributed by atoms with Gasteiger partial charge in [-0.05, 0) is 68.3 Å². The zero-order chi connectivity index (χ0) is 18.4. The van der Waals surface area contributed by atoms with Crippen LogP contribution in [0.1, 0.15) is 44.1 Å². The van der Waals surface area contributed by atoms with Crippen LogP contribution >= 0.6 is 0 Å². The number of halogens is 1. The van der Waals surface area contributed by atoms with Gasteiger partial charge in [0.15, 0.2) is 0 Å². The van der Waals surface area contributed by atoms with Crippen molar-refractivity contribution in [2.24, 2.45) is 23.7 Å². The summed E-state index contributed by atoms with van der Waals surface area (Å²) in [4.78, 5) is 5.17. The molecule has 1 aromatic rings. The summed E-state index contributed by atoms with van der Waals surface area (Å²) in [5.41, 5.74) is 0.781. The Bertz CT molecular complexity index is 638. The average molecular weight is 373 g/mol. The Morgan fingerprint density at radius 3 is 2.33 bits per heavy atom. The maximum absolute atomic E-state index is 14.1. The molecule has 0 amide bonds. The molecule has 1 aliphatic heterocycles. The summed E-state index contributed by atoms with van der Waals surface area (Å²) in [6, 6.07) is 8.24. The molecular weight excluding hydrogens is 339 g/mol. The van der Waals surface area contributed by atoms with E-state index in [1.165, 1.54) is 32.1 Å². The Balaban J connectivity index is 1.29. The van der Waals surface area contributed by atoms with Gasteiger partial charge in [-0.3, -0.25) is 9.80 Å². The molecule has 148 valence electrons. The Morgan fingerprint density at radius 1 is 0.963 bits per heavy atom. The first-order valence-corrected chi connectivity index (χ1v) is 11.0. The summed E-state index contributed by atoms with van der Waals surface area (Å²) in [6.45, 7) is 4.01. The van der Waals surface area contributed by atoms with E-state index in [0.717, 1.165) is 61.3 Å². The van der Waals surface area contributed by atoms with E-state index >= 15 is 0 Å². The molecule has 0 radical (unpaired) electrons. The lowest BCUT2D eigenvalue weighted by atomic mass is 9.53. The second-order valence-electron chi connectivity index (χ2n) is 9.64. The number of benzene rings is 1. The minimum atomic E-state index is -0.108. The molecule has 0 spiro atoms. The highest BCUT2D eigenvalue weighted by atomic mass is 19.1. The number of nitrogens with zero attached hydrogens (tertiary/aromatic N) is 2. The SMILES string of the molecule is OCC[C@@H]1CN(C2C3CC4CC(C3)CC2C4)CCN1Cc1ccccc1F. The van der Waals surface area contributed by atoms with E-state index < -0.39 is 0 Å². The van der Waals surface area contributed by atoms with Gasteiger partial charge in [0.2, 0.25) is 0 Å². The Kier molecular flexibility index (Phi) is 4.99. The molecular formula is C23H33FN2O. The summed E-state index contributed by atoms with van der Waals surface area (Å²) in [7, 11) is 0. The van der Waals surface area contributed by atoms with Crippen LogP contribution in [-0.4, -0.2) is 53.2 Å². The van der Waals surface area contributed by atoms with Crippen LogP contribution in [0.4, 0.5) is 4.39 Å². The predicted molar refractivity (Wildman–Crippen MR) is 105 cm³/mol. The maximum Gasteiger partial charge on any atom is 0.127 e. The smallest absolute Gasteiger partial charge is 0.127 e. The van der Waals surface area contributed by atoms with Crippen molar-refractivity contribution in [2.75, 3.05) is 26.2 Å². The fraction of sp³-hybridized carbons (Fsp3) is 0.739. The summed E-state index contributed by atoms with van der Waals surface area (Å²) >= 11 is 0. The zero-order valence-electron chi connectivity index (χ0n) is 16.3. The van der Waals surface area contributed by atoms with Gasteiger partial charge in [0, 0.05) is 50.4 Å². The van der Waals surface area contributed by atoms with E-state index in [0.29, 0.717) is 12.6 Å². The third-order valence-electron chi connectivity index (χ3n) is 8.03. The van der Waals surface area contributed by atoms with E-state index in [2.05, 4.69) is 9.80 Å². The molecule has 5 aliphatic rings. The molecule has 1 aromatic carbocycles. The van der Waals surface area contributed by atoms with Gasteiger partial charge in [-0.25, -0.2) is 4.39 Å². The highest BCUT2D eigenvalue weighted by Crippen LogP contribution is 2.55. The minimum Gasteiger partial charge on any atom is -0.396 e. The van der Waals surface area contributed by atoms with Gasteiger partial charge in [-0.1, -0.05) is 18.2 Å². The summed E-state index contributed by atoms with van der Waals surface area (Å²) in [6.07, 6.45) is 8.12. The van der Waals surface area contributed by atoms with Gasteiger partial charge in [-0.15, -0.1) is 0 Å². The monoisotopic (exact) mass is 372 g/mol. The molecule has 0 unspecified atom stereocenters. The van der Waals surface area contributed by atoms with Crippen LogP contribution in [0.3, 0.4) is 0 Å². The van der Waals surface area contributed by atoms with Crippen LogP contribution < -0.4 is 0 Å². The third-order valence-corrected chi connectivity index (χ3v) is 8.03. The van der Waals surface area contributed by atoms with Crippen molar-refractivity contribution in [1.29, 1.82) is 0 Å². The van der Waals surface area contributed by atoms with Gasteiger partial charge in [0.05, 0.1) is 0 Å². The maximum atomic E-state index is 14.1. The van der Waals surface area contributed by atoms with Gasteiger partial charge in [-0.2, -0.15) is 0 Å². The lowest BCUT2D eigenvalue weighted by molar-refractivity contribution is -0.0876. The van der Waals surface area contributed by atoms with Crippen molar-refractivity contribution >= 4 is 0 Å². The second kappa shape index (κ2) is 7.46. The van der Waals surface area contributed by atoms with E-state index in [-0.39, 0.29) is 12.4 Å². The molecule has 5 fully saturated rings. The quantitative estimate of drug-likeness (QED) is 0.857. The Hall–Kier alpha value is -0.970. The van der Waals surface area contributed by atoms with Crippen molar-refractivity contribution in [3.8, 4) is 0 Å². The molecule has 3 nitrogen and oxygen atoms in total. The van der Waals surface area contributed by atoms with Crippen LogP contribution in [0.2, 0.25) is 0 Å². The summed E-state index contributed by atoms with van der Waals surface area (Å²) < 4.78 is 14.1. The first-order valence-electron chi connectivity index (χ1n) is 11.0. The molecule has 1 N–H and O–H groups in total. The molecule has 1 heterocycles. The molecule has 4 saturated carbocycles. The Labute approximate surface area is 162 Å². The van der Waals surface area contributed by atoms with Gasteiger partial charge in [0.1, 0.15) is 5.82 Å². The van der Waals surface area contributed by atoms with Crippen LogP contribution in [0.5, 0.6) is 0 Å². The normalized spacial score (nSPS) is 39.2. The van der Waals surface area contributed by atoms with Crippen molar-refractivity contribution < 1.29 is 9.50 Å². The summed E-state index contributed by atoms with van der Waals surface area (Å²) in [5, 5.41) is 9.64. The van der Waals surface area contributed by atoms with Gasteiger partial charge >= 0.3 is 0 Å². The number of rotatable bonds is 5. The molecule has 6 rings (SSSR count). The highest BCUT2D eigenvalue weighted by Gasteiger charge is 2.50. The predicted octanol–water partition coefficient (Wildman–Crippen LogP) is 3.52.